The molecular weight excluding hydrogens is 378 g/mol. The molecule has 2 aromatic carbocycles. The van der Waals surface area contributed by atoms with Crippen LogP contribution in [0, 0.1) is 0 Å². The van der Waals surface area contributed by atoms with Crippen LogP contribution in [0.3, 0.4) is 0 Å². The van der Waals surface area contributed by atoms with Gasteiger partial charge < -0.3 is 14.5 Å². The molecule has 8 nitrogen and oxygen atoms in total. The maximum Gasteiger partial charge on any atom is 0.257 e. The fourth-order valence-corrected chi connectivity index (χ4v) is 3.14. The fraction of sp³-hybridized carbons (Fsp3) is 0.158. The lowest BCUT2D eigenvalue weighted by atomic mass is 10.3. The van der Waals surface area contributed by atoms with Gasteiger partial charge in [0.05, 0.1) is 12.3 Å². The molecule has 0 saturated heterocycles. The summed E-state index contributed by atoms with van der Waals surface area (Å²) in [6.45, 7) is 1.05. The van der Waals surface area contributed by atoms with Crippen LogP contribution in [0.25, 0.3) is 11.1 Å². The van der Waals surface area contributed by atoms with Crippen molar-refractivity contribution in [2.24, 2.45) is 0 Å². The number of oxazole rings is 1. The molecule has 9 heteroatoms. The number of nitrogens with one attached hydrogen (secondary N) is 1. The molecule has 4 aromatic rings. The van der Waals surface area contributed by atoms with Gasteiger partial charge >= 0.3 is 0 Å². The Morgan fingerprint density at radius 1 is 1.21 bits per heavy atom. The van der Waals surface area contributed by atoms with Gasteiger partial charge in [-0.3, -0.25) is 4.79 Å². The molecule has 4 rings (SSSR count). The number of rotatable bonds is 8. The standard InChI is InChI=1S/C19H17N5O3S/c25-18(11-28-19-23-16-6-1-2-7-17(16)27-19)22-14-4-3-5-15(10-14)26-9-8-24-13-20-12-21-24/h1-7,10,12-13H,8-9,11H2,(H,22,25). The second-order valence-electron chi connectivity index (χ2n) is 5.82. The van der Waals surface area contributed by atoms with E-state index in [2.05, 4.69) is 20.4 Å². The highest BCUT2D eigenvalue weighted by Gasteiger charge is 2.09. The molecule has 0 unspecified atom stereocenters. The summed E-state index contributed by atoms with van der Waals surface area (Å²) < 4.78 is 13.0. The Hall–Kier alpha value is -3.33. The average molecular weight is 395 g/mol. The summed E-state index contributed by atoms with van der Waals surface area (Å²) in [6, 6.07) is 14.8. The SMILES string of the molecule is O=C(CSc1nc2ccccc2o1)Nc1cccc(OCCn2cncn2)c1. The van der Waals surface area contributed by atoms with E-state index in [-0.39, 0.29) is 11.7 Å². The molecule has 0 aliphatic heterocycles. The highest BCUT2D eigenvalue weighted by atomic mass is 32.2. The number of fused-ring (bicyclic) bond motifs is 1. The first kappa shape index (κ1) is 18.1. The van der Waals surface area contributed by atoms with Gasteiger partial charge in [-0.25, -0.2) is 14.6 Å². The van der Waals surface area contributed by atoms with Gasteiger partial charge in [-0.2, -0.15) is 5.10 Å². The van der Waals surface area contributed by atoms with Crippen LogP contribution < -0.4 is 10.1 Å². The van der Waals surface area contributed by atoms with Crippen molar-refractivity contribution in [2.75, 3.05) is 17.7 Å². The molecule has 28 heavy (non-hydrogen) atoms. The molecule has 0 aliphatic rings. The Balaban J connectivity index is 1.27. The van der Waals surface area contributed by atoms with Gasteiger partial charge in [0.25, 0.3) is 5.22 Å². The fourth-order valence-electron chi connectivity index (χ4n) is 2.51. The molecule has 2 aromatic heterocycles. The molecule has 2 heterocycles. The topological polar surface area (TPSA) is 95.1 Å². The first-order chi connectivity index (χ1) is 13.8. The van der Waals surface area contributed by atoms with E-state index in [1.54, 1.807) is 17.1 Å². The zero-order valence-electron chi connectivity index (χ0n) is 14.8. The Morgan fingerprint density at radius 3 is 3.00 bits per heavy atom. The third-order valence-corrected chi connectivity index (χ3v) is 4.60. The van der Waals surface area contributed by atoms with E-state index >= 15 is 0 Å². The molecule has 0 aliphatic carbocycles. The van der Waals surface area contributed by atoms with Crippen molar-refractivity contribution in [2.45, 2.75) is 11.8 Å². The van der Waals surface area contributed by atoms with Crippen molar-refractivity contribution in [1.82, 2.24) is 19.7 Å². The van der Waals surface area contributed by atoms with Crippen molar-refractivity contribution < 1.29 is 13.9 Å². The molecule has 0 saturated carbocycles. The van der Waals surface area contributed by atoms with Crippen LogP contribution in [0.2, 0.25) is 0 Å². The molecule has 0 fully saturated rings. The zero-order valence-corrected chi connectivity index (χ0v) is 15.6. The number of benzene rings is 2. The van der Waals surface area contributed by atoms with E-state index in [0.717, 1.165) is 5.52 Å². The third kappa shape index (κ3) is 4.68. The lowest BCUT2D eigenvalue weighted by Crippen LogP contribution is -2.14. The Morgan fingerprint density at radius 2 is 2.14 bits per heavy atom. The van der Waals surface area contributed by atoms with Crippen molar-refractivity contribution in [3.63, 3.8) is 0 Å². The molecule has 0 atom stereocenters. The maximum atomic E-state index is 12.2. The summed E-state index contributed by atoms with van der Waals surface area (Å²) in [5, 5.41) is 7.34. The zero-order chi connectivity index (χ0) is 19.2. The summed E-state index contributed by atoms with van der Waals surface area (Å²) in [6.07, 6.45) is 3.11. The van der Waals surface area contributed by atoms with Crippen LogP contribution >= 0.6 is 11.8 Å². The summed E-state index contributed by atoms with van der Waals surface area (Å²) in [5.74, 6) is 0.723. The summed E-state index contributed by atoms with van der Waals surface area (Å²) in [5.41, 5.74) is 2.16. The van der Waals surface area contributed by atoms with Crippen LogP contribution in [-0.4, -0.2) is 38.0 Å². The number of carbonyl (C=O) groups excluding carboxylic acids is 1. The van der Waals surface area contributed by atoms with E-state index in [4.69, 9.17) is 9.15 Å². The molecule has 1 amide bonds. The van der Waals surface area contributed by atoms with Crippen molar-refractivity contribution in [3.05, 3.63) is 61.2 Å². The summed E-state index contributed by atoms with van der Waals surface area (Å²) >= 11 is 1.25. The molecular formula is C19H17N5O3S. The number of carbonyl (C=O) groups is 1. The maximum absolute atomic E-state index is 12.2. The largest absolute Gasteiger partial charge is 0.492 e. The number of aromatic nitrogens is 4. The smallest absolute Gasteiger partial charge is 0.257 e. The van der Waals surface area contributed by atoms with Gasteiger partial charge in [-0.1, -0.05) is 30.0 Å². The molecule has 0 spiro atoms. The first-order valence-electron chi connectivity index (χ1n) is 8.60. The van der Waals surface area contributed by atoms with Crippen LogP contribution in [0.1, 0.15) is 0 Å². The normalized spacial score (nSPS) is 10.9. The van der Waals surface area contributed by atoms with Crippen LogP contribution in [-0.2, 0) is 11.3 Å². The number of nitrogens with zero attached hydrogens (tertiary/aromatic N) is 4. The minimum atomic E-state index is -0.146. The summed E-state index contributed by atoms with van der Waals surface area (Å²) in [7, 11) is 0. The third-order valence-electron chi connectivity index (χ3n) is 3.77. The van der Waals surface area contributed by atoms with Crippen LogP contribution in [0.4, 0.5) is 5.69 Å². The number of thioether (sulfide) groups is 1. The Kier molecular flexibility index (Phi) is 5.53. The second kappa shape index (κ2) is 8.57. The van der Waals surface area contributed by atoms with Crippen LogP contribution in [0.15, 0.2) is 70.8 Å². The highest BCUT2D eigenvalue weighted by Crippen LogP contribution is 2.23. The van der Waals surface area contributed by atoms with Gasteiger partial charge in [0.2, 0.25) is 5.91 Å². The number of hydrogen-bond acceptors (Lipinski definition) is 7. The molecule has 1 N–H and O–H groups in total. The van der Waals surface area contributed by atoms with Crippen LogP contribution in [0.5, 0.6) is 5.75 Å². The predicted molar refractivity (Wildman–Crippen MR) is 105 cm³/mol. The van der Waals surface area contributed by atoms with Crippen molar-refractivity contribution in [1.29, 1.82) is 0 Å². The number of anilines is 1. The van der Waals surface area contributed by atoms with Gasteiger partial charge in [0.15, 0.2) is 5.58 Å². The van der Waals surface area contributed by atoms with Crippen molar-refractivity contribution >= 4 is 34.5 Å². The molecule has 0 radical (unpaired) electrons. The number of para-hydroxylation sites is 2. The van der Waals surface area contributed by atoms with Gasteiger partial charge in [0, 0.05) is 11.8 Å². The van der Waals surface area contributed by atoms with Gasteiger partial charge in [-0.05, 0) is 24.3 Å². The average Bonchev–Trinajstić information content (AvgIpc) is 3.36. The lowest BCUT2D eigenvalue weighted by molar-refractivity contribution is -0.113. The summed E-state index contributed by atoms with van der Waals surface area (Å²) in [4.78, 5) is 20.4. The Bertz CT molecular complexity index is 1030. The lowest BCUT2D eigenvalue weighted by Gasteiger charge is -2.09. The molecule has 0 bridgehead atoms. The number of ether oxygens (including phenoxy) is 1. The quantitative estimate of drug-likeness (QED) is 0.458. The Labute approximate surface area is 164 Å². The second-order valence-corrected chi connectivity index (χ2v) is 6.75. The highest BCUT2D eigenvalue weighted by molar-refractivity contribution is 7.99. The number of amides is 1. The minimum absolute atomic E-state index is 0.146. The van der Waals surface area contributed by atoms with E-state index < -0.39 is 0 Å². The first-order valence-corrected chi connectivity index (χ1v) is 9.58. The monoisotopic (exact) mass is 395 g/mol. The predicted octanol–water partition coefficient (Wildman–Crippen LogP) is 3.23. The minimum Gasteiger partial charge on any atom is -0.492 e. The van der Waals surface area contributed by atoms with E-state index in [1.807, 2.05) is 42.5 Å². The van der Waals surface area contributed by atoms with Gasteiger partial charge in [0.1, 0.15) is 30.5 Å². The van der Waals surface area contributed by atoms with E-state index in [0.29, 0.717) is 35.4 Å². The molecule has 142 valence electrons. The van der Waals surface area contributed by atoms with Crippen molar-refractivity contribution in [3.8, 4) is 5.75 Å². The van der Waals surface area contributed by atoms with Gasteiger partial charge in [-0.15, -0.1) is 0 Å². The van der Waals surface area contributed by atoms with E-state index in [9.17, 15) is 4.79 Å². The number of hydrogen-bond donors (Lipinski definition) is 1. The van der Waals surface area contributed by atoms with E-state index in [1.165, 1.54) is 18.1 Å².